The van der Waals surface area contributed by atoms with Gasteiger partial charge in [0.1, 0.15) is 5.76 Å². The number of hydrogen-bond acceptors (Lipinski definition) is 5. The summed E-state index contributed by atoms with van der Waals surface area (Å²) in [5.74, 6) is 0.844. The van der Waals surface area contributed by atoms with Crippen molar-refractivity contribution in [3.63, 3.8) is 0 Å². The van der Waals surface area contributed by atoms with Crippen molar-refractivity contribution in [3.05, 3.63) is 105 Å². The van der Waals surface area contributed by atoms with Crippen molar-refractivity contribution in [2.24, 2.45) is 0 Å². The highest BCUT2D eigenvalue weighted by molar-refractivity contribution is 9.10. The number of fused-ring (bicyclic) bond motifs is 2. The van der Waals surface area contributed by atoms with Crippen LogP contribution in [0.1, 0.15) is 32.8 Å². The normalized spacial score (nSPS) is 15.1. The van der Waals surface area contributed by atoms with Crippen LogP contribution in [0.2, 0.25) is 0 Å². The number of hydrogen-bond donors (Lipinski definition) is 1. The third-order valence-electron chi connectivity index (χ3n) is 7.05. The van der Waals surface area contributed by atoms with Gasteiger partial charge in [-0.05, 0) is 65.7 Å². The Balaban J connectivity index is 1.44. The van der Waals surface area contributed by atoms with E-state index in [0.29, 0.717) is 30.0 Å². The fraction of sp³-hybridized carbons (Fsp3) is 0.200. The summed E-state index contributed by atoms with van der Waals surface area (Å²) in [5, 5.41) is 12.6. The molecule has 1 amide bonds. The van der Waals surface area contributed by atoms with E-state index in [1.54, 1.807) is 12.1 Å². The van der Waals surface area contributed by atoms with E-state index in [4.69, 9.17) is 9.68 Å². The van der Waals surface area contributed by atoms with E-state index >= 15 is 0 Å². The van der Waals surface area contributed by atoms with Gasteiger partial charge in [0, 0.05) is 59.6 Å². The minimum absolute atomic E-state index is 0.153. The van der Waals surface area contributed by atoms with Crippen LogP contribution in [0.15, 0.2) is 81.7 Å². The first kappa shape index (κ1) is 23.5. The maximum absolute atomic E-state index is 14.0. The molecule has 3 heterocycles. The summed E-state index contributed by atoms with van der Waals surface area (Å²) in [6.45, 7) is 4.26. The molecule has 0 bridgehead atoms. The van der Waals surface area contributed by atoms with Crippen molar-refractivity contribution >= 4 is 33.2 Å². The highest BCUT2D eigenvalue weighted by Gasteiger charge is 2.31. The van der Waals surface area contributed by atoms with Crippen LogP contribution in [0.25, 0.3) is 11.3 Å². The summed E-state index contributed by atoms with van der Waals surface area (Å²) >= 11 is 3.65. The number of anilines is 2. The number of nitrogens with zero attached hydrogens (tertiary/aromatic N) is 3. The van der Waals surface area contributed by atoms with E-state index in [1.807, 2.05) is 47.4 Å². The Kier molecular flexibility index (Phi) is 6.29. The van der Waals surface area contributed by atoms with Crippen molar-refractivity contribution in [3.8, 4) is 17.4 Å². The molecule has 184 valence electrons. The van der Waals surface area contributed by atoms with Crippen LogP contribution in [0.4, 0.5) is 11.4 Å². The lowest BCUT2D eigenvalue weighted by Gasteiger charge is -2.31. The number of nitriles is 1. The van der Waals surface area contributed by atoms with E-state index in [1.165, 1.54) is 5.69 Å². The summed E-state index contributed by atoms with van der Waals surface area (Å²) in [6.07, 6.45) is 0.600. The molecule has 0 saturated carbocycles. The van der Waals surface area contributed by atoms with Crippen molar-refractivity contribution in [1.82, 2.24) is 5.32 Å². The number of furan rings is 1. The molecular weight excluding hydrogens is 528 g/mol. The fourth-order valence-electron chi connectivity index (χ4n) is 5.08. The molecule has 1 N–H and O–H groups in total. The van der Waals surface area contributed by atoms with Gasteiger partial charge in [-0.25, -0.2) is 0 Å². The monoisotopic (exact) mass is 552 g/mol. The number of carbonyl (C=O) groups is 1. The Morgan fingerprint density at radius 1 is 0.973 bits per heavy atom. The van der Waals surface area contributed by atoms with Crippen LogP contribution in [0.5, 0.6) is 0 Å². The molecule has 4 aromatic rings. The Bertz CT molecular complexity index is 1510. The van der Waals surface area contributed by atoms with Crippen LogP contribution in [0, 0.1) is 11.3 Å². The molecule has 0 unspecified atom stereocenters. The van der Waals surface area contributed by atoms with Crippen molar-refractivity contribution in [2.45, 2.75) is 13.0 Å². The Morgan fingerprint density at radius 2 is 1.76 bits per heavy atom. The zero-order valence-corrected chi connectivity index (χ0v) is 21.8. The predicted octanol–water partition coefficient (Wildman–Crippen LogP) is 5.74. The first-order chi connectivity index (χ1) is 18.1. The molecular formula is C30H25BrN4O2. The third-order valence-corrected chi connectivity index (χ3v) is 7.82. The molecule has 3 aromatic carbocycles. The average Bonchev–Trinajstić information content (AvgIpc) is 3.32. The van der Waals surface area contributed by atoms with Crippen LogP contribution >= 0.6 is 15.9 Å². The smallest absolute Gasteiger partial charge is 0.294 e. The number of amides is 1. The maximum atomic E-state index is 14.0. The number of nitrogens with one attached hydrogen (secondary N) is 1. The molecule has 0 atom stereocenters. The van der Waals surface area contributed by atoms with Gasteiger partial charge in [0.15, 0.2) is 5.76 Å². The SMILES string of the molecule is N#Cc1ccc(-c2cc3c(o2)C(=O)N(Cc2ccccc2Br)c2ccc(N4CCNCC4)cc2C3)cc1. The summed E-state index contributed by atoms with van der Waals surface area (Å²) in [4.78, 5) is 18.2. The molecule has 6 rings (SSSR count). The quantitative estimate of drug-likeness (QED) is 0.349. The number of halogens is 1. The van der Waals surface area contributed by atoms with Gasteiger partial charge in [-0.3, -0.25) is 4.79 Å². The van der Waals surface area contributed by atoms with Gasteiger partial charge in [0.05, 0.1) is 18.2 Å². The Hall–Kier alpha value is -3.86. The number of benzene rings is 3. The minimum atomic E-state index is -0.153. The molecule has 37 heavy (non-hydrogen) atoms. The van der Waals surface area contributed by atoms with Gasteiger partial charge in [0.2, 0.25) is 0 Å². The lowest BCUT2D eigenvalue weighted by atomic mass is 10.0. The van der Waals surface area contributed by atoms with Gasteiger partial charge in [-0.1, -0.05) is 34.1 Å². The zero-order chi connectivity index (χ0) is 25.4. The Labute approximate surface area is 224 Å². The second-order valence-corrected chi connectivity index (χ2v) is 10.2. The average molecular weight is 553 g/mol. The summed E-state index contributed by atoms with van der Waals surface area (Å²) in [5.41, 5.74) is 6.50. The first-order valence-corrected chi connectivity index (χ1v) is 13.2. The molecule has 6 nitrogen and oxygen atoms in total. The van der Waals surface area contributed by atoms with Gasteiger partial charge >= 0.3 is 0 Å². The topological polar surface area (TPSA) is 72.5 Å². The standard InChI is InChI=1S/C30H25BrN4O2/c31-26-4-2-1-3-22(26)19-35-27-10-9-25(34-13-11-33-12-14-34)16-23(27)15-24-17-28(37-29(24)30(35)36)21-7-5-20(18-32)6-8-21/h1-10,16-17,33H,11-15,19H2. The molecule has 2 aliphatic rings. The second kappa shape index (κ2) is 9.89. The van der Waals surface area contributed by atoms with Gasteiger partial charge in [-0.15, -0.1) is 0 Å². The van der Waals surface area contributed by atoms with E-state index < -0.39 is 0 Å². The van der Waals surface area contributed by atoms with Crippen LogP contribution in [-0.2, 0) is 13.0 Å². The van der Waals surface area contributed by atoms with E-state index in [0.717, 1.165) is 58.6 Å². The highest BCUT2D eigenvalue weighted by atomic mass is 79.9. The van der Waals surface area contributed by atoms with Crippen LogP contribution < -0.4 is 15.1 Å². The largest absolute Gasteiger partial charge is 0.451 e. The first-order valence-electron chi connectivity index (χ1n) is 12.4. The van der Waals surface area contributed by atoms with Crippen molar-refractivity contribution < 1.29 is 9.21 Å². The molecule has 0 radical (unpaired) electrons. The number of carbonyl (C=O) groups excluding carboxylic acids is 1. The van der Waals surface area contributed by atoms with Crippen LogP contribution in [0.3, 0.4) is 0 Å². The van der Waals surface area contributed by atoms with E-state index in [9.17, 15) is 4.79 Å². The third kappa shape index (κ3) is 4.55. The number of piperazine rings is 1. The van der Waals surface area contributed by atoms with Gasteiger partial charge in [-0.2, -0.15) is 5.26 Å². The molecule has 0 aliphatic carbocycles. The lowest BCUT2D eigenvalue weighted by molar-refractivity contribution is 0.0959. The molecule has 1 saturated heterocycles. The summed E-state index contributed by atoms with van der Waals surface area (Å²) in [7, 11) is 0. The lowest BCUT2D eigenvalue weighted by Crippen LogP contribution is -2.43. The molecule has 1 aromatic heterocycles. The fourth-order valence-corrected chi connectivity index (χ4v) is 5.49. The van der Waals surface area contributed by atoms with E-state index in [-0.39, 0.29) is 5.91 Å². The minimum Gasteiger partial charge on any atom is -0.451 e. The van der Waals surface area contributed by atoms with Crippen molar-refractivity contribution in [1.29, 1.82) is 5.26 Å². The molecule has 7 heteroatoms. The van der Waals surface area contributed by atoms with Gasteiger partial charge in [0.25, 0.3) is 5.91 Å². The molecule has 1 fully saturated rings. The molecule has 0 spiro atoms. The zero-order valence-electron chi connectivity index (χ0n) is 20.2. The van der Waals surface area contributed by atoms with Crippen molar-refractivity contribution in [2.75, 3.05) is 36.0 Å². The summed E-state index contributed by atoms with van der Waals surface area (Å²) < 4.78 is 7.19. The second-order valence-electron chi connectivity index (χ2n) is 9.36. The Morgan fingerprint density at radius 3 is 2.51 bits per heavy atom. The molecule has 2 aliphatic heterocycles. The highest BCUT2D eigenvalue weighted by Crippen LogP contribution is 2.38. The number of rotatable bonds is 4. The van der Waals surface area contributed by atoms with Crippen LogP contribution in [-0.4, -0.2) is 32.1 Å². The summed E-state index contributed by atoms with van der Waals surface area (Å²) in [6, 6.07) is 25.8. The predicted molar refractivity (Wildman–Crippen MR) is 148 cm³/mol. The maximum Gasteiger partial charge on any atom is 0.294 e. The van der Waals surface area contributed by atoms with E-state index in [2.05, 4.69) is 50.4 Å². The van der Waals surface area contributed by atoms with Gasteiger partial charge < -0.3 is 19.5 Å².